The van der Waals surface area contributed by atoms with Crippen molar-refractivity contribution in [3.8, 4) is 0 Å². The van der Waals surface area contributed by atoms with E-state index in [1.54, 1.807) is 0 Å². The van der Waals surface area contributed by atoms with Crippen LogP contribution in [-0.2, 0) is 10.2 Å². The Kier molecular flexibility index (Phi) is 8.10. The number of azide groups is 1. The Balaban J connectivity index is 2.81. The van der Waals surface area contributed by atoms with Crippen LogP contribution in [0.4, 0.5) is 0 Å². The molecule has 0 radical (unpaired) electrons. The Morgan fingerprint density at radius 3 is 2.44 bits per heavy atom. The molecule has 0 spiro atoms. The number of benzene rings is 1. The van der Waals surface area contributed by atoms with Crippen molar-refractivity contribution >= 4 is 40.7 Å². The Hall–Kier alpha value is -1.39. The van der Waals surface area contributed by atoms with Gasteiger partial charge in [0, 0.05) is 4.91 Å². The highest BCUT2D eigenvalue weighted by atomic mass is 35.6. The van der Waals surface area contributed by atoms with E-state index in [2.05, 4.69) is 36.0 Å². The van der Waals surface area contributed by atoms with Crippen molar-refractivity contribution in [3.05, 3.63) is 58.0 Å². The molecule has 25 heavy (non-hydrogen) atoms. The summed E-state index contributed by atoms with van der Waals surface area (Å²) in [6.07, 6.45) is 2.59. The van der Waals surface area contributed by atoms with Gasteiger partial charge in [-0.3, -0.25) is 5.41 Å². The molecule has 0 aliphatic carbocycles. The smallest absolute Gasteiger partial charge is 0.265 e. The van der Waals surface area contributed by atoms with E-state index in [9.17, 15) is 0 Å². The number of halogens is 3. The Labute approximate surface area is 163 Å². The number of allylic oxidation sites excluding steroid dienone is 1. The van der Waals surface area contributed by atoms with Gasteiger partial charge in [-0.1, -0.05) is 95.7 Å². The van der Waals surface area contributed by atoms with Crippen LogP contribution in [0.1, 0.15) is 32.8 Å². The predicted molar refractivity (Wildman–Crippen MR) is 105 cm³/mol. The molecule has 1 aromatic carbocycles. The molecule has 0 bridgehead atoms. The minimum Gasteiger partial charge on any atom is -0.477 e. The Morgan fingerprint density at radius 1 is 1.32 bits per heavy atom. The van der Waals surface area contributed by atoms with Crippen molar-refractivity contribution in [3.63, 3.8) is 0 Å². The zero-order valence-corrected chi connectivity index (χ0v) is 16.6. The second-order valence-electron chi connectivity index (χ2n) is 6.35. The monoisotopic (exact) mass is 402 g/mol. The maximum Gasteiger partial charge on any atom is 0.265 e. The fourth-order valence-corrected chi connectivity index (χ4v) is 2.67. The van der Waals surface area contributed by atoms with Crippen LogP contribution >= 0.6 is 34.8 Å². The summed E-state index contributed by atoms with van der Waals surface area (Å²) in [5.41, 5.74) is 10.9. The minimum atomic E-state index is -1.94. The maximum atomic E-state index is 8.73. The van der Waals surface area contributed by atoms with Gasteiger partial charge >= 0.3 is 0 Å². The molecule has 1 unspecified atom stereocenters. The van der Waals surface area contributed by atoms with Gasteiger partial charge in [-0.2, -0.15) is 0 Å². The topological polar surface area (TPSA) is 81.8 Å². The van der Waals surface area contributed by atoms with E-state index >= 15 is 0 Å². The molecule has 5 nitrogen and oxygen atoms in total. The molecule has 0 aliphatic rings. The van der Waals surface area contributed by atoms with Crippen LogP contribution in [-0.4, -0.2) is 22.3 Å². The van der Waals surface area contributed by atoms with Gasteiger partial charge in [-0.05, 0) is 29.9 Å². The molecule has 1 atom stereocenters. The molecule has 0 amide bonds. The van der Waals surface area contributed by atoms with E-state index in [-0.39, 0.29) is 12.0 Å². The first kappa shape index (κ1) is 21.7. The van der Waals surface area contributed by atoms with Crippen LogP contribution < -0.4 is 0 Å². The summed E-state index contributed by atoms with van der Waals surface area (Å²) >= 11 is 16.7. The zero-order chi connectivity index (χ0) is 19.1. The van der Waals surface area contributed by atoms with Gasteiger partial charge < -0.3 is 4.74 Å². The lowest BCUT2D eigenvalue weighted by atomic mass is 9.79. The molecule has 0 saturated carbocycles. The highest BCUT2D eigenvalue weighted by Crippen LogP contribution is 2.31. The van der Waals surface area contributed by atoms with Crippen molar-refractivity contribution < 1.29 is 4.74 Å². The van der Waals surface area contributed by atoms with E-state index in [0.717, 1.165) is 12.0 Å². The number of alkyl halides is 3. The van der Waals surface area contributed by atoms with Crippen molar-refractivity contribution in [1.82, 2.24) is 0 Å². The van der Waals surface area contributed by atoms with Crippen LogP contribution in [0.15, 0.2) is 47.1 Å². The van der Waals surface area contributed by atoms with E-state index in [0.29, 0.717) is 0 Å². The summed E-state index contributed by atoms with van der Waals surface area (Å²) in [7, 11) is 0. The summed E-state index contributed by atoms with van der Waals surface area (Å²) < 4.78 is 3.18. The molecule has 0 heterocycles. The van der Waals surface area contributed by atoms with E-state index < -0.39 is 15.7 Å². The van der Waals surface area contributed by atoms with Crippen LogP contribution in [0.3, 0.4) is 0 Å². The van der Waals surface area contributed by atoms with Gasteiger partial charge in [0.15, 0.2) is 0 Å². The molecule has 1 N–H and O–H groups in total. The zero-order valence-electron chi connectivity index (χ0n) is 14.3. The van der Waals surface area contributed by atoms with Gasteiger partial charge in [0.2, 0.25) is 5.90 Å². The third-order valence-corrected chi connectivity index (χ3v) is 4.12. The molecule has 1 rings (SSSR count). The number of ether oxygens (including phenoxy) is 1. The molecular formula is C17H21Cl3N4O. The fourth-order valence-electron chi connectivity index (χ4n) is 2.51. The lowest BCUT2D eigenvalue weighted by Crippen LogP contribution is -2.25. The molecular weight excluding hydrogens is 383 g/mol. The molecule has 8 heteroatoms. The first-order valence-corrected chi connectivity index (χ1v) is 8.75. The van der Waals surface area contributed by atoms with Crippen molar-refractivity contribution in [2.24, 2.45) is 5.11 Å². The summed E-state index contributed by atoms with van der Waals surface area (Å²) in [4.78, 5) is 2.81. The lowest BCUT2D eigenvalue weighted by molar-refractivity contribution is 0.285. The molecule has 0 aromatic heterocycles. The molecule has 136 valence electrons. The molecule has 1 aromatic rings. The first-order valence-electron chi connectivity index (χ1n) is 7.62. The number of hydrogen-bond acceptors (Lipinski definition) is 3. The quantitative estimate of drug-likeness (QED) is 0.108. The largest absolute Gasteiger partial charge is 0.477 e. The number of hydrogen-bond donors (Lipinski definition) is 1. The number of nitrogens with one attached hydrogen (secondary N) is 1. The second kappa shape index (κ2) is 9.35. The highest BCUT2D eigenvalue weighted by molar-refractivity contribution is 6.76. The summed E-state index contributed by atoms with van der Waals surface area (Å²) in [6, 6.07) is 9.58. The van der Waals surface area contributed by atoms with E-state index in [4.69, 9.17) is 50.5 Å². The lowest BCUT2D eigenvalue weighted by Gasteiger charge is -2.26. The fraction of sp³-hybridized carbons (Fsp3) is 0.471. The van der Waals surface area contributed by atoms with Gasteiger partial charge in [-0.15, -0.1) is 0 Å². The highest BCUT2D eigenvalue weighted by Gasteiger charge is 2.29. The van der Waals surface area contributed by atoms with Crippen LogP contribution in [0.25, 0.3) is 10.4 Å². The number of nitrogens with zero attached hydrogens (tertiary/aromatic N) is 3. The molecule has 0 fully saturated rings. The number of rotatable bonds is 7. The normalized spacial score (nSPS) is 13.8. The second-order valence-corrected chi connectivity index (χ2v) is 8.63. The van der Waals surface area contributed by atoms with E-state index in [1.165, 1.54) is 5.56 Å². The van der Waals surface area contributed by atoms with Gasteiger partial charge in [0.1, 0.15) is 6.61 Å². The van der Waals surface area contributed by atoms with Crippen molar-refractivity contribution in [2.45, 2.75) is 42.4 Å². The van der Waals surface area contributed by atoms with Gasteiger partial charge in [-0.25, -0.2) is 0 Å². The summed E-state index contributed by atoms with van der Waals surface area (Å²) in [5, 5.41) is 11.2. The molecule has 0 aliphatic heterocycles. The van der Waals surface area contributed by atoms with Gasteiger partial charge in [0.25, 0.3) is 3.79 Å². The van der Waals surface area contributed by atoms with Crippen molar-refractivity contribution in [2.75, 3.05) is 6.61 Å². The van der Waals surface area contributed by atoms with Gasteiger partial charge in [0.05, 0.1) is 6.04 Å². The first-order chi connectivity index (χ1) is 11.6. The average Bonchev–Trinajstić information content (AvgIpc) is 2.51. The third kappa shape index (κ3) is 7.57. The minimum absolute atomic E-state index is 0.0695. The third-order valence-electron chi connectivity index (χ3n) is 3.61. The predicted octanol–water partition coefficient (Wildman–Crippen LogP) is 6.34. The average molecular weight is 404 g/mol. The van der Waals surface area contributed by atoms with Crippen LogP contribution in [0, 0.1) is 5.41 Å². The molecule has 0 saturated heterocycles. The van der Waals surface area contributed by atoms with Crippen LogP contribution in [0.5, 0.6) is 0 Å². The summed E-state index contributed by atoms with van der Waals surface area (Å²) in [5.74, 6) is -0.508. The standard InChI is InChI=1S/C17H21Cl3N4O/c1-12(10-16(2,3)13-7-5-4-6-8-13)9-14(23-24-22)11-25-15(21)17(18,19)20/h4-9,14,21H,10-11H2,1-3H3/b12-9-,21-15?. The maximum absolute atomic E-state index is 8.73. The Morgan fingerprint density at radius 2 is 1.92 bits per heavy atom. The van der Waals surface area contributed by atoms with E-state index in [1.807, 2.05) is 31.2 Å². The van der Waals surface area contributed by atoms with Crippen molar-refractivity contribution in [1.29, 1.82) is 5.41 Å². The SMILES string of the molecule is C/C(=C/C(COC(=N)C(Cl)(Cl)Cl)N=[N+]=[N-])CC(C)(C)c1ccccc1. The summed E-state index contributed by atoms with van der Waals surface area (Å²) in [6.45, 7) is 6.19. The Bertz CT molecular complexity index is 662. The van der Waals surface area contributed by atoms with Crippen LogP contribution in [0.2, 0.25) is 0 Å².